The summed E-state index contributed by atoms with van der Waals surface area (Å²) >= 11 is 0. The number of ether oxygens (including phenoxy) is 3. The number of esters is 1. The second-order valence-electron chi connectivity index (χ2n) is 6.00. The molecule has 0 heterocycles. The molecule has 24 heavy (non-hydrogen) atoms. The van der Waals surface area contributed by atoms with E-state index in [4.69, 9.17) is 9.47 Å². The van der Waals surface area contributed by atoms with E-state index in [1.165, 1.54) is 7.11 Å². The number of halogens is 2. The molecule has 1 N–H and O–H groups in total. The van der Waals surface area contributed by atoms with E-state index in [1.54, 1.807) is 20.8 Å². The SMILES string of the molecule is COC(=O)C(Cc1cc(F)c(F)cc1OC)NC(=O)OC(C)(C)C. The van der Waals surface area contributed by atoms with Gasteiger partial charge in [0.05, 0.1) is 14.2 Å². The predicted molar refractivity (Wildman–Crippen MR) is 81.8 cm³/mol. The molecule has 0 radical (unpaired) electrons. The molecule has 1 unspecified atom stereocenters. The minimum Gasteiger partial charge on any atom is -0.496 e. The highest BCUT2D eigenvalue weighted by atomic mass is 19.2. The van der Waals surface area contributed by atoms with Crippen molar-refractivity contribution in [2.75, 3.05) is 14.2 Å². The quantitative estimate of drug-likeness (QED) is 0.831. The largest absolute Gasteiger partial charge is 0.496 e. The molecular formula is C16H21F2NO5. The molecule has 0 aliphatic carbocycles. The van der Waals surface area contributed by atoms with Crippen LogP contribution in [0.15, 0.2) is 12.1 Å². The Hall–Kier alpha value is -2.38. The van der Waals surface area contributed by atoms with Crippen LogP contribution in [0.3, 0.4) is 0 Å². The molecule has 1 aromatic carbocycles. The minimum absolute atomic E-state index is 0.0498. The zero-order chi connectivity index (χ0) is 18.5. The highest BCUT2D eigenvalue weighted by Gasteiger charge is 2.27. The Kier molecular flexibility index (Phi) is 6.51. The molecule has 0 aliphatic heterocycles. The lowest BCUT2D eigenvalue weighted by Gasteiger charge is -2.23. The number of methoxy groups -OCH3 is 2. The van der Waals surface area contributed by atoms with Crippen LogP contribution in [-0.4, -0.2) is 37.9 Å². The molecule has 6 nitrogen and oxygen atoms in total. The molecule has 0 aromatic heterocycles. The zero-order valence-electron chi connectivity index (χ0n) is 14.2. The Labute approximate surface area is 139 Å². The van der Waals surface area contributed by atoms with Crippen LogP contribution in [0, 0.1) is 11.6 Å². The van der Waals surface area contributed by atoms with E-state index in [2.05, 4.69) is 10.1 Å². The van der Waals surface area contributed by atoms with E-state index in [-0.39, 0.29) is 17.7 Å². The summed E-state index contributed by atoms with van der Waals surface area (Å²) in [7, 11) is 2.43. The van der Waals surface area contributed by atoms with E-state index in [0.29, 0.717) is 0 Å². The lowest BCUT2D eigenvalue weighted by Crippen LogP contribution is -2.45. The predicted octanol–water partition coefficient (Wildman–Crippen LogP) is 2.58. The van der Waals surface area contributed by atoms with Gasteiger partial charge in [0.1, 0.15) is 17.4 Å². The summed E-state index contributed by atoms with van der Waals surface area (Å²) in [5, 5.41) is 2.35. The number of nitrogens with one attached hydrogen (secondary N) is 1. The maximum atomic E-state index is 13.5. The second-order valence-corrected chi connectivity index (χ2v) is 6.00. The molecule has 0 spiro atoms. The normalized spacial score (nSPS) is 12.3. The van der Waals surface area contributed by atoms with Crippen LogP contribution in [0.2, 0.25) is 0 Å². The van der Waals surface area contributed by atoms with Gasteiger partial charge in [-0.1, -0.05) is 0 Å². The number of amides is 1. The molecule has 1 atom stereocenters. The Morgan fingerprint density at radius 1 is 1.17 bits per heavy atom. The van der Waals surface area contributed by atoms with E-state index < -0.39 is 35.3 Å². The number of rotatable bonds is 5. The van der Waals surface area contributed by atoms with Crippen LogP contribution in [0.4, 0.5) is 13.6 Å². The van der Waals surface area contributed by atoms with Gasteiger partial charge in [-0.25, -0.2) is 18.4 Å². The highest BCUT2D eigenvalue weighted by molar-refractivity contribution is 5.81. The summed E-state index contributed by atoms with van der Waals surface area (Å²) in [5.74, 6) is -2.88. The molecule has 0 bridgehead atoms. The summed E-state index contributed by atoms with van der Waals surface area (Å²) in [5.41, 5.74) is -0.562. The monoisotopic (exact) mass is 345 g/mol. The van der Waals surface area contributed by atoms with Gasteiger partial charge < -0.3 is 19.5 Å². The van der Waals surface area contributed by atoms with E-state index in [9.17, 15) is 18.4 Å². The lowest BCUT2D eigenvalue weighted by atomic mass is 10.0. The van der Waals surface area contributed by atoms with Crippen LogP contribution in [0.25, 0.3) is 0 Å². The van der Waals surface area contributed by atoms with Crippen molar-refractivity contribution in [2.45, 2.75) is 38.8 Å². The average molecular weight is 345 g/mol. The Morgan fingerprint density at radius 2 is 1.75 bits per heavy atom. The van der Waals surface area contributed by atoms with Crippen molar-refractivity contribution in [1.82, 2.24) is 5.32 Å². The maximum Gasteiger partial charge on any atom is 0.408 e. The Bertz CT molecular complexity index is 613. The number of carbonyl (C=O) groups is 2. The first-order chi connectivity index (χ1) is 11.1. The number of benzene rings is 1. The minimum atomic E-state index is -1.15. The summed E-state index contributed by atoms with van der Waals surface area (Å²) < 4.78 is 41.4. The Morgan fingerprint density at radius 3 is 2.25 bits per heavy atom. The maximum absolute atomic E-state index is 13.5. The van der Waals surface area contributed by atoms with Crippen LogP contribution >= 0.6 is 0 Å². The van der Waals surface area contributed by atoms with Gasteiger partial charge in [-0.05, 0) is 32.4 Å². The van der Waals surface area contributed by atoms with E-state index in [1.807, 2.05) is 0 Å². The number of hydrogen-bond donors (Lipinski definition) is 1. The molecule has 1 rings (SSSR count). The van der Waals surface area contributed by atoms with Crippen molar-refractivity contribution in [3.8, 4) is 5.75 Å². The Balaban J connectivity index is 3.01. The van der Waals surface area contributed by atoms with Gasteiger partial charge >= 0.3 is 12.1 Å². The standard InChI is InChI=1S/C16H21F2NO5/c1-16(2,3)24-15(21)19-12(14(20)23-5)7-9-6-10(17)11(18)8-13(9)22-4/h6,8,12H,7H2,1-5H3,(H,19,21). The molecule has 1 aromatic rings. The van der Waals surface area contributed by atoms with Crippen LogP contribution < -0.4 is 10.1 Å². The van der Waals surface area contributed by atoms with Gasteiger partial charge in [-0.2, -0.15) is 0 Å². The van der Waals surface area contributed by atoms with Crippen LogP contribution in [0.1, 0.15) is 26.3 Å². The van der Waals surface area contributed by atoms with Gasteiger partial charge in [0.25, 0.3) is 0 Å². The first-order valence-electron chi connectivity index (χ1n) is 7.16. The lowest BCUT2D eigenvalue weighted by molar-refractivity contribution is -0.143. The second kappa shape index (κ2) is 7.94. The number of hydrogen-bond acceptors (Lipinski definition) is 5. The van der Waals surface area contributed by atoms with Crippen molar-refractivity contribution in [3.63, 3.8) is 0 Å². The van der Waals surface area contributed by atoms with Crippen molar-refractivity contribution >= 4 is 12.1 Å². The fourth-order valence-corrected chi connectivity index (χ4v) is 1.92. The third-order valence-electron chi connectivity index (χ3n) is 2.92. The number of alkyl carbamates (subject to hydrolysis) is 1. The van der Waals surface area contributed by atoms with Gasteiger partial charge in [0.15, 0.2) is 11.6 Å². The van der Waals surface area contributed by atoms with Crippen LogP contribution in [-0.2, 0) is 20.7 Å². The third kappa shape index (κ3) is 5.68. The smallest absolute Gasteiger partial charge is 0.408 e. The van der Waals surface area contributed by atoms with Crippen LogP contribution in [0.5, 0.6) is 5.75 Å². The average Bonchev–Trinajstić information content (AvgIpc) is 2.47. The highest BCUT2D eigenvalue weighted by Crippen LogP contribution is 2.24. The summed E-state index contributed by atoms with van der Waals surface area (Å²) in [6.07, 6.45) is -0.994. The number of carbonyl (C=O) groups excluding carboxylic acids is 2. The molecule has 0 fully saturated rings. The first-order valence-corrected chi connectivity index (χ1v) is 7.16. The molecule has 0 saturated carbocycles. The van der Waals surface area contributed by atoms with Crippen molar-refractivity contribution < 1.29 is 32.6 Å². The van der Waals surface area contributed by atoms with Crippen molar-refractivity contribution in [3.05, 3.63) is 29.3 Å². The van der Waals surface area contributed by atoms with Gasteiger partial charge in [0, 0.05) is 12.5 Å². The van der Waals surface area contributed by atoms with Crippen molar-refractivity contribution in [1.29, 1.82) is 0 Å². The summed E-state index contributed by atoms with van der Waals surface area (Å²) in [6, 6.07) is 0.622. The molecule has 0 aliphatic rings. The van der Waals surface area contributed by atoms with E-state index in [0.717, 1.165) is 19.2 Å². The third-order valence-corrected chi connectivity index (χ3v) is 2.92. The summed E-state index contributed by atoms with van der Waals surface area (Å²) in [6.45, 7) is 4.99. The van der Waals surface area contributed by atoms with Gasteiger partial charge in [0.2, 0.25) is 0 Å². The van der Waals surface area contributed by atoms with E-state index >= 15 is 0 Å². The molecule has 0 saturated heterocycles. The fourth-order valence-electron chi connectivity index (χ4n) is 1.92. The van der Waals surface area contributed by atoms with Gasteiger partial charge in [-0.15, -0.1) is 0 Å². The topological polar surface area (TPSA) is 73.9 Å². The molecule has 1 amide bonds. The molecule has 134 valence electrons. The molecule has 8 heteroatoms. The van der Waals surface area contributed by atoms with Crippen molar-refractivity contribution in [2.24, 2.45) is 0 Å². The zero-order valence-corrected chi connectivity index (χ0v) is 14.2. The fraction of sp³-hybridized carbons (Fsp3) is 0.500. The first kappa shape index (κ1) is 19.7. The molecular weight excluding hydrogens is 324 g/mol. The van der Waals surface area contributed by atoms with Gasteiger partial charge in [-0.3, -0.25) is 0 Å². The summed E-state index contributed by atoms with van der Waals surface area (Å²) in [4.78, 5) is 23.7.